The number of rotatable bonds is 4. The number of hydrogen-bond acceptors (Lipinski definition) is 2. The standard InChI is InChI=1S/C15H20N2O/c1-12(2)9-11-17-15(18)14-8-4-3-6-13(14)7-5-10-16/h3-4,6,8,12H,9-11,16H2,1-2H3,(H,17,18). The van der Waals surface area contributed by atoms with Gasteiger partial charge in [-0.1, -0.05) is 37.8 Å². The van der Waals surface area contributed by atoms with Crippen LogP contribution in [0.2, 0.25) is 0 Å². The van der Waals surface area contributed by atoms with Gasteiger partial charge in [0.1, 0.15) is 0 Å². The number of amides is 1. The van der Waals surface area contributed by atoms with Gasteiger partial charge in [0.15, 0.2) is 0 Å². The molecule has 0 radical (unpaired) electrons. The fourth-order valence-electron chi connectivity index (χ4n) is 1.51. The lowest BCUT2D eigenvalue weighted by molar-refractivity contribution is 0.0952. The van der Waals surface area contributed by atoms with E-state index < -0.39 is 0 Å². The molecule has 18 heavy (non-hydrogen) atoms. The van der Waals surface area contributed by atoms with E-state index in [4.69, 9.17) is 5.73 Å². The van der Waals surface area contributed by atoms with Crippen molar-refractivity contribution in [2.24, 2.45) is 11.7 Å². The minimum atomic E-state index is -0.0717. The Kier molecular flexibility index (Phi) is 5.96. The Morgan fingerprint density at radius 1 is 1.39 bits per heavy atom. The Morgan fingerprint density at radius 2 is 2.11 bits per heavy atom. The van der Waals surface area contributed by atoms with Gasteiger partial charge in [0.05, 0.1) is 12.1 Å². The van der Waals surface area contributed by atoms with Crippen LogP contribution < -0.4 is 11.1 Å². The second kappa shape index (κ2) is 7.52. The van der Waals surface area contributed by atoms with Gasteiger partial charge in [0.25, 0.3) is 5.91 Å². The zero-order chi connectivity index (χ0) is 13.4. The molecule has 0 fully saturated rings. The maximum atomic E-state index is 12.0. The molecule has 1 amide bonds. The van der Waals surface area contributed by atoms with Crippen LogP contribution in [0, 0.1) is 17.8 Å². The molecule has 0 aliphatic heterocycles. The number of benzene rings is 1. The van der Waals surface area contributed by atoms with E-state index >= 15 is 0 Å². The highest BCUT2D eigenvalue weighted by Gasteiger charge is 2.08. The minimum absolute atomic E-state index is 0.0717. The molecular formula is C15H20N2O. The molecule has 1 aromatic rings. The molecule has 0 bridgehead atoms. The van der Waals surface area contributed by atoms with Crippen molar-refractivity contribution < 1.29 is 4.79 Å². The highest BCUT2D eigenvalue weighted by Crippen LogP contribution is 2.07. The van der Waals surface area contributed by atoms with Crippen molar-refractivity contribution in [1.82, 2.24) is 5.32 Å². The van der Waals surface area contributed by atoms with Crippen LogP contribution in [-0.4, -0.2) is 19.0 Å². The van der Waals surface area contributed by atoms with E-state index in [9.17, 15) is 4.79 Å². The first-order valence-corrected chi connectivity index (χ1v) is 6.21. The molecule has 1 aromatic carbocycles. The van der Waals surface area contributed by atoms with Gasteiger partial charge < -0.3 is 11.1 Å². The van der Waals surface area contributed by atoms with Gasteiger partial charge in [-0.3, -0.25) is 4.79 Å². The quantitative estimate of drug-likeness (QED) is 0.793. The molecule has 0 spiro atoms. The first kappa shape index (κ1) is 14.3. The molecule has 0 saturated carbocycles. The summed E-state index contributed by atoms with van der Waals surface area (Å²) in [6.45, 7) is 5.25. The maximum absolute atomic E-state index is 12.0. The maximum Gasteiger partial charge on any atom is 0.252 e. The fourth-order valence-corrected chi connectivity index (χ4v) is 1.51. The van der Waals surface area contributed by atoms with Crippen LogP contribution in [0.1, 0.15) is 36.2 Å². The lowest BCUT2D eigenvalue weighted by Crippen LogP contribution is -2.26. The molecule has 0 heterocycles. The van der Waals surface area contributed by atoms with E-state index in [1.54, 1.807) is 6.07 Å². The van der Waals surface area contributed by atoms with Gasteiger partial charge in [-0.15, -0.1) is 0 Å². The zero-order valence-electron chi connectivity index (χ0n) is 11.0. The number of carbonyl (C=O) groups is 1. The second-order valence-corrected chi connectivity index (χ2v) is 4.49. The summed E-state index contributed by atoms with van der Waals surface area (Å²) in [6, 6.07) is 7.32. The first-order valence-electron chi connectivity index (χ1n) is 6.21. The van der Waals surface area contributed by atoms with Crippen LogP contribution in [-0.2, 0) is 0 Å². The van der Waals surface area contributed by atoms with Crippen molar-refractivity contribution in [3.8, 4) is 11.8 Å². The van der Waals surface area contributed by atoms with Crippen LogP contribution in [0.5, 0.6) is 0 Å². The minimum Gasteiger partial charge on any atom is -0.352 e. The first-order chi connectivity index (χ1) is 8.65. The summed E-state index contributed by atoms with van der Waals surface area (Å²) >= 11 is 0. The van der Waals surface area contributed by atoms with Gasteiger partial charge >= 0.3 is 0 Å². The van der Waals surface area contributed by atoms with E-state index in [0.717, 1.165) is 12.0 Å². The van der Waals surface area contributed by atoms with Crippen molar-refractivity contribution in [3.63, 3.8) is 0 Å². The summed E-state index contributed by atoms with van der Waals surface area (Å²) in [7, 11) is 0. The summed E-state index contributed by atoms with van der Waals surface area (Å²) in [5.41, 5.74) is 6.68. The Balaban J connectivity index is 2.73. The molecule has 0 aromatic heterocycles. The molecule has 0 aliphatic carbocycles. The zero-order valence-corrected chi connectivity index (χ0v) is 11.0. The number of nitrogens with two attached hydrogens (primary N) is 1. The summed E-state index contributed by atoms with van der Waals surface area (Å²) in [5, 5.41) is 2.91. The van der Waals surface area contributed by atoms with E-state index in [1.165, 1.54) is 0 Å². The summed E-state index contributed by atoms with van der Waals surface area (Å²) in [4.78, 5) is 12.0. The van der Waals surface area contributed by atoms with Crippen molar-refractivity contribution in [1.29, 1.82) is 0 Å². The van der Waals surface area contributed by atoms with Crippen molar-refractivity contribution in [3.05, 3.63) is 35.4 Å². The monoisotopic (exact) mass is 244 g/mol. The fraction of sp³-hybridized carbons (Fsp3) is 0.400. The third kappa shape index (κ3) is 4.60. The van der Waals surface area contributed by atoms with Gasteiger partial charge in [-0.25, -0.2) is 0 Å². The predicted molar refractivity (Wildman–Crippen MR) is 74.2 cm³/mol. The van der Waals surface area contributed by atoms with E-state index in [1.807, 2.05) is 18.2 Å². The lowest BCUT2D eigenvalue weighted by Gasteiger charge is -2.08. The molecule has 0 saturated heterocycles. The van der Waals surface area contributed by atoms with Gasteiger partial charge in [0, 0.05) is 12.1 Å². The summed E-state index contributed by atoms with van der Waals surface area (Å²) in [5.74, 6) is 6.20. The van der Waals surface area contributed by atoms with Gasteiger partial charge in [-0.2, -0.15) is 0 Å². The summed E-state index contributed by atoms with van der Waals surface area (Å²) in [6.07, 6.45) is 0.975. The number of hydrogen-bond donors (Lipinski definition) is 2. The summed E-state index contributed by atoms with van der Waals surface area (Å²) < 4.78 is 0. The van der Waals surface area contributed by atoms with Crippen LogP contribution in [0.25, 0.3) is 0 Å². The number of carbonyl (C=O) groups excluding carboxylic acids is 1. The van der Waals surface area contributed by atoms with Crippen molar-refractivity contribution in [2.45, 2.75) is 20.3 Å². The SMILES string of the molecule is CC(C)CCNC(=O)c1ccccc1C#CCN. The van der Waals surface area contributed by atoms with Crippen LogP contribution in [0.4, 0.5) is 0 Å². The highest BCUT2D eigenvalue weighted by molar-refractivity contribution is 5.96. The third-order valence-corrected chi connectivity index (χ3v) is 2.50. The molecule has 3 nitrogen and oxygen atoms in total. The molecule has 0 unspecified atom stereocenters. The Bertz CT molecular complexity index is 455. The van der Waals surface area contributed by atoms with Crippen molar-refractivity contribution >= 4 is 5.91 Å². The molecule has 0 atom stereocenters. The third-order valence-electron chi connectivity index (χ3n) is 2.50. The van der Waals surface area contributed by atoms with Crippen LogP contribution in [0.3, 0.4) is 0 Å². The smallest absolute Gasteiger partial charge is 0.252 e. The normalized spacial score (nSPS) is 9.78. The largest absolute Gasteiger partial charge is 0.352 e. The highest BCUT2D eigenvalue weighted by atomic mass is 16.1. The molecule has 0 aliphatic rings. The Morgan fingerprint density at radius 3 is 2.78 bits per heavy atom. The second-order valence-electron chi connectivity index (χ2n) is 4.49. The van der Waals surface area contributed by atoms with Crippen LogP contribution in [0.15, 0.2) is 24.3 Å². The lowest BCUT2D eigenvalue weighted by atomic mass is 10.1. The average molecular weight is 244 g/mol. The van der Waals surface area contributed by atoms with Gasteiger partial charge in [-0.05, 0) is 24.5 Å². The Hall–Kier alpha value is -1.79. The molecule has 96 valence electrons. The topological polar surface area (TPSA) is 55.1 Å². The average Bonchev–Trinajstić information content (AvgIpc) is 2.36. The van der Waals surface area contributed by atoms with E-state index in [0.29, 0.717) is 24.6 Å². The van der Waals surface area contributed by atoms with Gasteiger partial charge in [0.2, 0.25) is 0 Å². The number of nitrogens with one attached hydrogen (secondary N) is 1. The predicted octanol–water partition coefficient (Wildman–Crippen LogP) is 1.77. The Labute approximate surface area is 109 Å². The molecule has 3 N–H and O–H groups in total. The molecular weight excluding hydrogens is 224 g/mol. The van der Waals surface area contributed by atoms with E-state index in [2.05, 4.69) is 31.0 Å². The molecule has 1 rings (SSSR count). The molecule has 3 heteroatoms. The van der Waals surface area contributed by atoms with Crippen LogP contribution >= 0.6 is 0 Å². The van der Waals surface area contributed by atoms with Crippen molar-refractivity contribution in [2.75, 3.05) is 13.1 Å². The van der Waals surface area contributed by atoms with E-state index in [-0.39, 0.29) is 5.91 Å².